The molecule has 0 saturated heterocycles. The molecule has 2 rings (SSSR count). The molecule has 0 heterocycles. The predicted octanol–water partition coefficient (Wildman–Crippen LogP) is 2.33. The second-order valence-corrected chi connectivity index (χ2v) is 5.77. The van der Waals surface area contributed by atoms with Gasteiger partial charge in [-0.3, -0.25) is 9.59 Å². The highest BCUT2D eigenvalue weighted by Crippen LogP contribution is 2.07. The lowest BCUT2D eigenvalue weighted by atomic mass is 10.1. The van der Waals surface area contributed by atoms with Gasteiger partial charge in [0.2, 0.25) is 0 Å². The van der Waals surface area contributed by atoms with Crippen LogP contribution in [0.1, 0.15) is 38.3 Å². The molecule has 0 spiro atoms. The standard InChI is InChI=1S/C20H16O7/c1-12-3-7-14(8-4-12)18(23)26-17(22)11-16(21)20(25)27-19(24)15-9-5-13(2)6-10-15/h3-10H,11H2,1-2H3. The summed E-state index contributed by atoms with van der Waals surface area (Å²) < 4.78 is 8.93. The maximum atomic E-state index is 11.8. The zero-order valence-corrected chi connectivity index (χ0v) is 14.7. The smallest absolute Gasteiger partial charge is 0.383 e. The first-order chi connectivity index (χ1) is 12.8. The summed E-state index contributed by atoms with van der Waals surface area (Å²) in [6.45, 7) is 3.63. The van der Waals surface area contributed by atoms with Gasteiger partial charge in [0.05, 0.1) is 11.1 Å². The van der Waals surface area contributed by atoms with Crippen LogP contribution < -0.4 is 0 Å². The molecule has 0 aliphatic heterocycles. The largest absolute Gasteiger partial charge is 0.389 e. The van der Waals surface area contributed by atoms with Crippen molar-refractivity contribution in [1.29, 1.82) is 0 Å². The van der Waals surface area contributed by atoms with Crippen molar-refractivity contribution in [1.82, 2.24) is 0 Å². The van der Waals surface area contributed by atoms with Crippen LogP contribution in [-0.4, -0.2) is 29.7 Å². The third-order valence-electron chi connectivity index (χ3n) is 3.50. The fourth-order valence-electron chi connectivity index (χ4n) is 1.98. The first-order valence-electron chi connectivity index (χ1n) is 7.94. The lowest BCUT2D eigenvalue weighted by Crippen LogP contribution is -2.25. The number of carbonyl (C=O) groups excluding carboxylic acids is 5. The first-order valence-corrected chi connectivity index (χ1v) is 7.94. The van der Waals surface area contributed by atoms with E-state index in [1.54, 1.807) is 24.3 Å². The average Bonchev–Trinajstić information content (AvgIpc) is 2.62. The van der Waals surface area contributed by atoms with Gasteiger partial charge in [0.25, 0.3) is 5.78 Å². The molecular weight excluding hydrogens is 352 g/mol. The Morgan fingerprint density at radius 3 is 1.52 bits per heavy atom. The Kier molecular flexibility index (Phi) is 6.32. The minimum atomic E-state index is -1.50. The molecule has 0 aliphatic carbocycles. The highest BCUT2D eigenvalue weighted by Gasteiger charge is 2.25. The summed E-state index contributed by atoms with van der Waals surface area (Å²) in [6, 6.07) is 12.4. The van der Waals surface area contributed by atoms with Crippen LogP contribution in [0.3, 0.4) is 0 Å². The van der Waals surface area contributed by atoms with Crippen LogP contribution in [0.2, 0.25) is 0 Å². The summed E-state index contributed by atoms with van der Waals surface area (Å²) >= 11 is 0. The summed E-state index contributed by atoms with van der Waals surface area (Å²) in [5.74, 6) is -5.97. The topological polar surface area (TPSA) is 104 Å². The van der Waals surface area contributed by atoms with Gasteiger partial charge < -0.3 is 9.47 Å². The van der Waals surface area contributed by atoms with E-state index in [0.717, 1.165) is 11.1 Å². The Labute approximate surface area is 154 Å². The fraction of sp³-hybridized carbons (Fsp3) is 0.150. The monoisotopic (exact) mass is 368 g/mol. The normalized spacial score (nSPS) is 10.0. The molecule has 0 atom stereocenters. The van der Waals surface area contributed by atoms with Crippen LogP contribution in [0.4, 0.5) is 0 Å². The SMILES string of the molecule is Cc1ccc(C(=O)OC(=O)CC(=O)C(=O)OC(=O)c2ccc(C)cc2)cc1. The van der Waals surface area contributed by atoms with E-state index < -0.39 is 36.1 Å². The van der Waals surface area contributed by atoms with Gasteiger partial charge in [0, 0.05) is 0 Å². The average molecular weight is 368 g/mol. The minimum Gasteiger partial charge on any atom is -0.389 e. The van der Waals surface area contributed by atoms with Crippen LogP contribution in [0.5, 0.6) is 0 Å². The Morgan fingerprint density at radius 1 is 0.667 bits per heavy atom. The van der Waals surface area contributed by atoms with E-state index in [1.807, 2.05) is 13.8 Å². The fourth-order valence-corrected chi connectivity index (χ4v) is 1.98. The number of rotatable bonds is 5. The molecule has 0 N–H and O–H groups in total. The van der Waals surface area contributed by atoms with Crippen molar-refractivity contribution in [2.45, 2.75) is 20.3 Å². The molecule has 2 aromatic rings. The Hall–Kier alpha value is -3.61. The maximum absolute atomic E-state index is 11.8. The number of ether oxygens (including phenoxy) is 2. The van der Waals surface area contributed by atoms with Crippen molar-refractivity contribution in [3.63, 3.8) is 0 Å². The molecule has 138 valence electrons. The van der Waals surface area contributed by atoms with Gasteiger partial charge in [-0.05, 0) is 38.1 Å². The number of carbonyl (C=O) groups is 5. The number of Topliss-reactive ketones (excluding diaryl/α,β-unsaturated/α-hetero) is 1. The van der Waals surface area contributed by atoms with Crippen LogP contribution in [0.25, 0.3) is 0 Å². The number of ketones is 1. The molecule has 0 aliphatic rings. The number of hydrogen-bond acceptors (Lipinski definition) is 7. The van der Waals surface area contributed by atoms with E-state index >= 15 is 0 Å². The number of aryl methyl sites for hydroxylation is 2. The second-order valence-electron chi connectivity index (χ2n) is 5.77. The number of hydrogen-bond donors (Lipinski definition) is 0. The molecule has 2 aromatic carbocycles. The highest BCUT2D eigenvalue weighted by atomic mass is 16.6. The van der Waals surface area contributed by atoms with Gasteiger partial charge in [-0.1, -0.05) is 35.4 Å². The number of esters is 4. The lowest BCUT2D eigenvalue weighted by molar-refractivity contribution is -0.153. The summed E-state index contributed by atoms with van der Waals surface area (Å²) in [5.41, 5.74) is 2.02. The maximum Gasteiger partial charge on any atom is 0.383 e. The van der Waals surface area contributed by atoms with Gasteiger partial charge in [-0.15, -0.1) is 0 Å². The third kappa shape index (κ3) is 5.71. The van der Waals surface area contributed by atoms with Crippen LogP contribution in [-0.2, 0) is 23.9 Å². The minimum absolute atomic E-state index is 0.0823. The van der Waals surface area contributed by atoms with E-state index in [-0.39, 0.29) is 11.1 Å². The lowest BCUT2D eigenvalue weighted by Gasteiger charge is -2.04. The zero-order valence-electron chi connectivity index (χ0n) is 14.7. The molecule has 0 fully saturated rings. The molecular formula is C20H16O7. The molecule has 0 unspecified atom stereocenters. The van der Waals surface area contributed by atoms with Crippen LogP contribution in [0, 0.1) is 13.8 Å². The Balaban J connectivity index is 1.87. The van der Waals surface area contributed by atoms with E-state index in [0.29, 0.717) is 0 Å². The molecule has 7 nitrogen and oxygen atoms in total. The third-order valence-corrected chi connectivity index (χ3v) is 3.50. The van der Waals surface area contributed by atoms with Crippen molar-refractivity contribution in [3.8, 4) is 0 Å². The van der Waals surface area contributed by atoms with Gasteiger partial charge in [-0.2, -0.15) is 0 Å². The van der Waals surface area contributed by atoms with Crippen molar-refractivity contribution in [2.75, 3.05) is 0 Å². The van der Waals surface area contributed by atoms with Gasteiger partial charge in [0.15, 0.2) is 0 Å². The first kappa shape index (κ1) is 19.7. The summed E-state index contributed by atoms with van der Waals surface area (Å²) in [6.07, 6.45) is -1.02. The molecule has 0 radical (unpaired) electrons. The molecule has 27 heavy (non-hydrogen) atoms. The van der Waals surface area contributed by atoms with E-state index in [9.17, 15) is 24.0 Å². The Bertz CT molecular complexity index is 893. The second kappa shape index (κ2) is 8.66. The van der Waals surface area contributed by atoms with E-state index in [2.05, 4.69) is 9.47 Å². The van der Waals surface area contributed by atoms with Gasteiger partial charge >= 0.3 is 23.9 Å². The van der Waals surface area contributed by atoms with Gasteiger partial charge in [-0.25, -0.2) is 14.4 Å². The number of benzene rings is 2. The quantitative estimate of drug-likeness (QED) is 0.453. The zero-order chi connectivity index (χ0) is 20.0. The van der Waals surface area contributed by atoms with E-state index in [4.69, 9.17) is 0 Å². The molecule has 0 aromatic heterocycles. The summed E-state index contributed by atoms with van der Waals surface area (Å²) in [4.78, 5) is 58.5. The molecule has 7 heteroatoms. The summed E-state index contributed by atoms with van der Waals surface area (Å²) in [5, 5.41) is 0. The molecule has 0 bridgehead atoms. The molecule has 0 saturated carbocycles. The summed E-state index contributed by atoms with van der Waals surface area (Å²) in [7, 11) is 0. The van der Waals surface area contributed by atoms with Crippen molar-refractivity contribution < 1.29 is 33.4 Å². The van der Waals surface area contributed by atoms with Crippen LogP contribution in [0.15, 0.2) is 48.5 Å². The van der Waals surface area contributed by atoms with Crippen LogP contribution >= 0.6 is 0 Å². The highest BCUT2D eigenvalue weighted by molar-refractivity contribution is 6.38. The van der Waals surface area contributed by atoms with Gasteiger partial charge in [0.1, 0.15) is 6.42 Å². The van der Waals surface area contributed by atoms with Crippen molar-refractivity contribution in [2.24, 2.45) is 0 Å². The molecule has 0 amide bonds. The Morgan fingerprint density at radius 2 is 1.07 bits per heavy atom. The predicted molar refractivity (Wildman–Crippen MR) is 92.8 cm³/mol. The van der Waals surface area contributed by atoms with Crippen molar-refractivity contribution >= 4 is 29.7 Å². The van der Waals surface area contributed by atoms with Crippen molar-refractivity contribution in [3.05, 3.63) is 70.8 Å². The van der Waals surface area contributed by atoms with E-state index in [1.165, 1.54) is 24.3 Å².